The van der Waals surface area contributed by atoms with Crippen LogP contribution in [-0.4, -0.2) is 17.1 Å². The normalized spacial score (nSPS) is 11.3. The van der Waals surface area contributed by atoms with Crippen LogP contribution in [0.4, 0.5) is 0 Å². The smallest absolute Gasteiger partial charge is 0.271 e. The molecule has 0 atom stereocenters. The van der Waals surface area contributed by atoms with Crippen LogP contribution in [-0.2, 0) is 5.75 Å². The van der Waals surface area contributed by atoms with Gasteiger partial charge >= 0.3 is 0 Å². The Morgan fingerprint density at radius 2 is 2.00 bits per heavy atom. The van der Waals surface area contributed by atoms with Gasteiger partial charge in [0.15, 0.2) is 4.34 Å². The Labute approximate surface area is 164 Å². The van der Waals surface area contributed by atoms with Gasteiger partial charge in [0.25, 0.3) is 5.91 Å². The van der Waals surface area contributed by atoms with Crippen LogP contribution < -0.4 is 5.43 Å². The van der Waals surface area contributed by atoms with Crippen molar-refractivity contribution in [1.29, 1.82) is 0 Å². The lowest BCUT2D eigenvalue weighted by Crippen LogP contribution is -2.17. The van der Waals surface area contributed by atoms with E-state index in [1.807, 2.05) is 30.3 Å². The maximum absolute atomic E-state index is 12.1. The van der Waals surface area contributed by atoms with Crippen molar-refractivity contribution in [2.75, 3.05) is 0 Å². The molecule has 0 saturated heterocycles. The fourth-order valence-corrected chi connectivity index (χ4v) is 4.42. The van der Waals surface area contributed by atoms with E-state index in [0.29, 0.717) is 11.3 Å². The van der Waals surface area contributed by atoms with E-state index in [9.17, 15) is 4.79 Å². The molecule has 5 nitrogen and oxygen atoms in total. The molecule has 4 aromatic rings. The number of fused-ring (bicyclic) bond motifs is 1. The van der Waals surface area contributed by atoms with Crippen LogP contribution in [0.25, 0.3) is 10.2 Å². The standard InChI is InChI=1S/C20H15N3O2S2/c24-19(23-21-12-16-4-3-11-25-16)15-9-7-14(8-10-15)13-26-20-22-17-5-1-2-6-18(17)27-20/h1-12H,13H2,(H,23,24). The number of thioether (sulfide) groups is 1. The van der Waals surface area contributed by atoms with E-state index in [4.69, 9.17) is 4.42 Å². The first-order chi connectivity index (χ1) is 13.3. The number of furan rings is 1. The molecule has 2 aromatic heterocycles. The number of hydrogen-bond donors (Lipinski definition) is 1. The van der Waals surface area contributed by atoms with E-state index in [-0.39, 0.29) is 5.91 Å². The van der Waals surface area contributed by atoms with Crippen LogP contribution in [0.2, 0.25) is 0 Å². The molecule has 1 N–H and O–H groups in total. The highest BCUT2D eigenvalue weighted by Gasteiger charge is 2.06. The van der Waals surface area contributed by atoms with E-state index < -0.39 is 0 Å². The van der Waals surface area contributed by atoms with Crippen LogP contribution in [0.15, 0.2) is 80.8 Å². The second-order valence-corrected chi connectivity index (χ2v) is 7.90. The van der Waals surface area contributed by atoms with Gasteiger partial charge in [-0.05, 0) is 42.0 Å². The Kier molecular flexibility index (Phi) is 5.32. The SMILES string of the molecule is O=C(NN=Cc1ccco1)c1ccc(CSc2nc3ccccc3s2)cc1. The molecule has 2 aromatic carbocycles. The van der Waals surface area contributed by atoms with Gasteiger partial charge in [-0.2, -0.15) is 5.10 Å². The molecule has 27 heavy (non-hydrogen) atoms. The summed E-state index contributed by atoms with van der Waals surface area (Å²) in [5.41, 5.74) is 5.21. The molecule has 2 heterocycles. The van der Waals surface area contributed by atoms with Gasteiger partial charge in [0, 0.05) is 11.3 Å². The van der Waals surface area contributed by atoms with Gasteiger partial charge in [-0.3, -0.25) is 4.79 Å². The monoisotopic (exact) mass is 393 g/mol. The summed E-state index contributed by atoms with van der Waals surface area (Å²) in [6.45, 7) is 0. The number of aromatic nitrogens is 1. The largest absolute Gasteiger partial charge is 0.463 e. The van der Waals surface area contributed by atoms with E-state index in [1.54, 1.807) is 53.6 Å². The topological polar surface area (TPSA) is 67.5 Å². The summed E-state index contributed by atoms with van der Waals surface area (Å²) in [6, 6.07) is 19.1. The van der Waals surface area contributed by atoms with E-state index in [2.05, 4.69) is 21.6 Å². The summed E-state index contributed by atoms with van der Waals surface area (Å²) < 4.78 is 7.36. The minimum absolute atomic E-state index is 0.261. The Morgan fingerprint density at radius 3 is 2.78 bits per heavy atom. The van der Waals surface area contributed by atoms with Crippen molar-refractivity contribution >= 4 is 45.4 Å². The molecule has 0 aliphatic carbocycles. The number of nitrogens with one attached hydrogen (secondary N) is 1. The second-order valence-electron chi connectivity index (χ2n) is 5.65. The molecule has 7 heteroatoms. The van der Waals surface area contributed by atoms with Gasteiger partial charge < -0.3 is 4.42 Å². The summed E-state index contributed by atoms with van der Waals surface area (Å²) >= 11 is 3.40. The Morgan fingerprint density at radius 1 is 1.15 bits per heavy atom. The lowest BCUT2D eigenvalue weighted by molar-refractivity contribution is 0.0955. The zero-order valence-corrected chi connectivity index (χ0v) is 15.8. The molecule has 0 unspecified atom stereocenters. The lowest BCUT2D eigenvalue weighted by atomic mass is 10.1. The average molecular weight is 393 g/mol. The summed E-state index contributed by atoms with van der Waals surface area (Å²) in [4.78, 5) is 16.7. The number of nitrogens with zero attached hydrogens (tertiary/aromatic N) is 2. The zero-order valence-electron chi connectivity index (χ0n) is 14.2. The van der Waals surface area contributed by atoms with Crippen LogP contribution in [0.3, 0.4) is 0 Å². The zero-order chi connectivity index (χ0) is 18.5. The van der Waals surface area contributed by atoms with E-state index >= 15 is 0 Å². The number of benzene rings is 2. The fraction of sp³-hybridized carbons (Fsp3) is 0.0500. The fourth-order valence-electron chi connectivity index (χ4n) is 2.39. The number of rotatable bonds is 6. The molecular formula is C20H15N3O2S2. The molecule has 0 fully saturated rings. The predicted octanol–water partition coefficient (Wildman–Crippen LogP) is 4.95. The minimum Gasteiger partial charge on any atom is -0.463 e. The van der Waals surface area contributed by atoms with Crippen molar-refractivity contribution in [3.8, 4) is 0 Å². The van der Waals surface area contributed by atoms with Crippen LogP contribution in [0, 0.1) is 0 Å². The Hall–Kier alpha value is -2.90. The van der Waals surface area contributed by atoms with Crippen molar-refractivity contribution in [1.82, 2.24) is 10.4 Å². The third-order valence-corrected chi connectivity index (χ3v) is 6.00. The quantitative estimate of drug-likeness (QED) is 0.286. The third-order valence-electron chi connectivity index (χ3n) is 3.75. The second kappa shape index (κ2) is 8.20. The number of hydrogen-bond acceptors (Lipinski definition) is 6. The molecule has 0 spiro atoms. The molecule has 1 amide bonds. The van der Waals surface area contributed by atoms with Crippen molar-refractivity contribution in [2.45, 2.75) is 10.1 Å². The van der Waals surface area contributed by atoms with Crippen molar-refractivity contribution < 1.29 is 9.21 Å². The molecular weight excluding hydrogens is 378 g/mol. The highest BCUT2D eigenvalue weighted by Crippen LogP contribution is 2.31. The Balaban J connectivity index is 1.33. The van der Waals surface area contributed by atoms with E-state index in [1.165, 1.54) is 10.9 Å². The molecule has 0 aliphatic rings. The molecule has 0 saturated carbocycles. The number of carbonyl (C=O) groups excluding carboxylic acids is 1. The number of hydrazone groups is 1. The van der Waals surface area contributed by atoms with Crippen molar-refractivity contribution in [3.63, 3.8) is 0 Å². The molecule has 0 bridgehead atoms. The average Bonchev–Trinajstić information content (AvgIpc) is 3.36. The summed E-state index contributed by atoms with van der Waals surface area (Å²) in [5.74, 6) is 1.12. The number of carbonyl (C=O) groups is 1. The highest BCUT2D eigenvalue weighted by molar-refractivity contribution is 8.00. The summed E-state index contributed by atoms with van der Waals surface area (Å²) in [5, 5.41) is 3.88. The van der Waals surface area contributed by atoms with Gasteiger partial charge in [-0.25, -0.2) is 10.4 Å². The van der Waals surface area contributed by atoms with E-state index in [0.717, 1.165) is 21.2 Å². The maximum atomic E-state index is 12.1. The summed E-state index contributed by atoms with van der Waals surface area (Å²) in [6.07, 6.45) is 3.01. The van der Waals surface area contributed by atoms with Gasteiger partial charge in [-0.1, -0.05) is 36.0 Å². The lowest BCUT2D eigenvalue weighted by Gasteiger charge is -2.02. The van der Waals surface area contributed by atoms with Gasteiger partial charge in [0.2, 0.25) is 0 Å². The number of para-hydroxylation sites is 1. The molecule has 0 aliphatic heterocycles. The van der Waals surface area contributed by atoms with Crippen molar-refractivity contribution in [3.05, 3.63) is 83.8 Å². The van der Waals surface area contributed by atoms with Crippen LogP contribution >= 0.6 is 23.1 Å². The molecule has 4 rings (SSSR count). The van der Waals surface area contributed by atoms with Crippen LogP contribution in [0.1, 0.15) is 21.7 Å². The first-order valence-corrected chi connectivity index (χ1v) is 10.0. The molecule has 0 radical (unpaired) electrons. The summed E-state index contributed by atoms with van der Waals surface area (Å²) in [7, 11) is 0. The molecule has 134 valence electrons. The highest BCUT2D eigenvalue weighted by atomic mass is 32.2. The van der Waals surface area contributed by atoms with Crippen molar-refractivity contribution in [2.24, 2.45) is 5.10 Å². The first kappa shape index (κ1) is 17.5. The van der Waals surface area contributed by atoms with Gasteiger partial charge in [0.1, 0.15) is 5.76 Å². The maximum Gasteiger partial charge on any atom is 0.271 e. The number of amides is 1. The van der Waals surface area contributed by atoms with Gasteiger partial charge in [-0.15, -0.1) is 11.3 Å². The predicted molar refractivity (Wildman–Crippen MR) is 109 cm³/mol. The van der Waals surface area contributed by atoms with Gasteiger partial charge in [0.05, 0.1) is 22.7 Å². The number of thiazole rings is 1. The first-order valence-electron chi connectivity index (χ1n) is 8.22. The third kappa shape index (κ3) is 4.45. The Bertz CT molecular complexity index is 1040. The van der Waals surface area contributed by atoms with Crippen LogP contribution in [0.5, 0.6) is 0 Å². The minimum atomic E-state index is -0.261.